The Morgan fingerprint density at radius 1 is 1.12 bits per heavy atom. The predicted molar refractivity (Wildman–Crippen MR) is 94.6 cm³/mol. The maximum Gasteiger partial charge on any atom is 0.260 e. The topological polar surface area (TPSA) is 59.0 Å². The molecular formula is C20H23NO4. The van der Waals surface area contributed by atoms with Gasteiger partial charge in [0.15, 0.2) is 6.61 Å². The number of β-amino-alcohol motifs (C(OH)–C–C–N with tert-alkyl or cyclic N) is 1. The molecule has 0 aromatic heterocycles. The molecule has 1 aliphatic rings. The van der Waals surface area contributed by atoms with Crippen molar-refractivity contribution in [3.63, 3.8) is 0 Å². The third kappa shape index (κ3) is 4.51. The van der Waals surface area contributed by atoms with E-state index in [1.165, 1.54) is 0 Å². The molecule has 5 nitrogen and oxygen atoms in total. The quantitative estimate of drug-likeness (QED) is 0.908. The van der Waals surface area contributed by atoms with E-state index in [2.05, 4.69) is 0 Å². The zero-order valence-electron chi connectivity index (χ0n) is 14.3. The van der Waals surface area contributed by atoms with Crippen molar-refractivity contribution in [2.45, 2.75) is 25.0 Å². The average molecular weight is 341 g/mol. The second-order valence-electron chi connectivity index (χ2n) is 6.48. The fraction of sp³-hybridized carbons (Fsp3) is 0.350. The fourth-order valence-corrected chi connectivity index (χ4v) is 2.97. The van der Waals surface area contributed by atoms with Crippen LogP contribution in [0, 0.1) is 0 Å². The molecule has 1 N–H and O–H groups in total. The lowest BCUT2D eigenvalue weighted by Crippen LogP contribution is -2.59. The van der Waals surface area contributed by atoms with Crippen LogP contribution in [0.15, 0.2) is 60.7 Å². The minimum atomic E-state index is -1.11. The van der Waals surface area contributed by atoms with Crippen molar-refractivity contribution in [2.24, 2.45) is 0 Å². The fourth-order valence-electron chi connectivity index (χ4n) is 2.97. The molecule has 1 fully saturated rings. The Morgan fingerprint density at radius 2 is 1.72 bits per heavy atom. The number of para-hydroxylation sites is 2. The highest BCUT2D eigenvalue weighted by molar-refractivity contribution is 5.78. The first-order valence-corrected chi connectivity index (χ1v) is 8.44. The smallest absolute Gasteiger partial charge is 0.260 e. The molecule has 25 heavy (non-hydrogen) atoms. The summed E-state index contributed by atoms with van der Waals surface area (Å²) in [5.74, 6) is 1.24. The number of ether oxygens (including phenoxy) is 2. The lowest BCUT2D eigenvalue weighted by molar-refractivity contribution is -0.147. The molecule has 2 aromatic rings. The van der Waals surface area contributed by atoms with Gasteiger partial charge >= 0.3 is 0 Å². The van der Waals surface area contributed by atoms with Crippen molar-refractivity contribution >= 4 is 5.91 Å². The Labute approximate surface area is 147 Å². The monoisotopic (exact) mass is 341 g/mol. The predicted octanol–water partition coefficient (Wildman–Crippen LogP) is 2.50. The van der Waals surface area contributed by atoms with Gasteiger partial charge in [-0.3, -0.25) is 4.79 Å². The molecule has 3 rings (SSSR count). The number of carbonyl (C=O) groups excluding carboxylic acids is 1. The Hall–Kier alpha value is -2.53. The lowest BCUT2D eigenvalue weighted by Gasteiger charge is -2.42. The van der Waals surface area contributed by atoms with E-state index in [1.54, 1.807) is 11.8 Å². The summed E-state index contributed by atoms with van der Waals surface area (Å²) in [5.41, 5.74) is -1.11. The summed E-state index contributed by atoms with van der Waals surface area (Å²) in [7, 11) is 0. The van der Waals surface area contributed by atoms with E-state index in [4.69, 9.17) is 9.47 Å². The van der Waals surface area contributed by atoms with E-state index in [0.717, 1.165) is 5.75 Å². The van der Waals surface area contributed by atoms with Gasteiger partial charge in [0.2, 0.25) is 0 Å². The number of hydrogen-bond acceptors (Lipinski definition) is 4. The number of benzene rings is 2. The number of amides is 1. The van der Waals surface area contributed by atoms with Gasteiger partial charge in [-0.2, -0.15) is 0 Å². The van der Waals surface area contributed by atoms with Gasteiger partial charge in [0.05, 0.1) is 6.54 Å². The van der Waals surface area contributed by atoms with Gasteiger partial charge in [0.25, 0.3) is 5.91 Å². The van der Waals surface area contributed by atoms with E-state index in [9.17, 15) is 9.90 Å². The maximum atomic E-state index is 12.4. The first kappa shape index (κ1) is 17.3. The van der Waals surface area contributed by atoms with Gasteiger partial charge in [0, 0.05) is 13.0 Å². The number of aliphatic hydroxyl groups is 1. The molecule has 0 spiro atoms. The van der Waals surface area contributed by atoms with Gasteiger partial charge in [-0.1, -0.05) is 36.4 Å². The Balaban J connectivity index is 1.55. The van der Waals surface area contributed by atoms with E-state index >= 15 is 0 Å². The summed E-state index contributed by atoms with van der Waals surface area (Å²) in [4.78, 5) is 14.0. The highest BCUT2D eigenvalue weighted by atomic mass is 16.5. The number of carbonyl (C=O) groups is 1. The van der Waals surface area contributed by atoms with Crippen LogP contribution in [-0.2, 0) is 4.79 Å². The molecule has 0 unspecified atom stereocenters. The van der Waals surface area contributed by atoms with Crippen LogP contribution in [0.25, 0.3) is 0 Å². The van der Waals surface area contributed by atoms with Crippen LogP contribution in [0.5, 0.6) is 11.5 Å². The Morgan fingerprint density at radius 3 is 2.32 bits per heavy atom. The van der Waals surface area contributed by atoms with Crippen LogP contribution in [0.1, 0.15) is 13.3 Å². The van der Waals surface area contributed by atoms with Crippen LogP contribution in [-0.4, -0.2) is 47.3 Å². The van der Waals surface area contributed by atoms with Gasteiger partial charge < -0.3 is 19.5 Å². The normalized spacial score (nSPS) is 23.1. The molecule has 1 aliphatic heterocycles. The molecule has 0 bridgehead atoms. The number of piperidine rings is 1. The third-order valence-corrected chi connectivity index (χ3v) is 4.35. The van der Waals surface area contributed by atoms with E-state index in [0.29, 0.717) is 18.7 Å². The highest BCUT2D eigenvalue weighted by Crippen LogP contribution is 2.26. The second-order valence-corrected chi connectivity index (χ2v) is 6.48. The van der Waals surface area contributed by atoms with Crippen LogP contribution < -0.4 is 9.47 Å². The summed E-state index contributed by atoms with van der Waals surface area (Å²) in [6, 6.07) is 18.7. The van der Waals surface area contributed by atoms with Gasteiger partial charge in [-0.15, -0.1) is 0 Å². The zero-order chi connectivity index (χ0) is 17.7. The minimum absolute atomic E-state index is 0.0374. The van der Waals surface area contributed by atoms with Crippen molar-refractivity contribution in [1.82, 2.24) is 4.90 Å². The largest absolute Gasteiger partial charge is 0.487 e. The van der Waals surface area contributed by atoms with Crippen LogP contribution in [0.2, 0.25) is 0 Å². The maximum absolute atomic E-state index is 12.4. The molecule has 1 saturated heterocycles. The zero-order valence-corrected chi connectivity index (χ0v) is 14.3. The van der Waals surface area contributed by atoms with Gasteiger partial charge in [-0.05, 0) is 31.2 Å². The molecule has 1 heterocycles. The SMILES string of the molecule is C[C@]1(O)CN(C(=O)COc2ccccc2)CC[C@@H]1Oc1ccccc1. The molecule has 132 valence electrons. The van der Waals surface area contributed by atoms with Crippen molar-refractivity contribution in [3.8, 4) is 11.5 Å². The van der Waals surface area contributed by atoms with Crippen molar-refractivity contribution in [1.29, 1.82) is 0 Å². The number of nitrogens with zero attached hydrogens (tertiary/aromatic N) is 1. The van der Waals surface area contributed by atoms with Crippen molar-refractivity contribution < 1.29 is 19.4 Å². The molecule has 0 radical (unpaired) electrons. The molecule has 2 aromatic carbocycles. The molecule has 0 saturated carbocycles. The summed E-state index contributed by atoms with van der Waals surface area (Å²) in [5, 5.41) is 10.7. The van der Waals surface area contributed by atoms with Gasteiger partial charge in [-0.25, -0.2) is 0 Å². The molecule has 2 atom stereocenters. The summed E-state index contributed by atoms with van der Waals surface area (Å²) >= 11 is 0. The Bertz CT molecular complexity index is 687. The van der Waals surface area contributed by atoms with Crippen molar-refractivity contribution in [2.75, 3.05) is 19.7 Å². The Kier molecular flexibility index (Phi) is 5.24. The molecule has 0 aliphatic carbocycles. The van der Waals surface area contributed by atoms with Crippen LogP contribution >= 0.6 is 0 Å². The minimum Gasteiger partial charge on any atom is -0.487 e. The highest BCUT2D eigenvalue weighted by Gasteiger charge is 2.41. The van der Waals surface area contributed by atoms with Crippen LogP contribution in [0.3, 0.4) is 0 Å². The van der Waals surface area contributed by atoms with Gasteiger partial charge in [0.1, 0.15) is 23.2 Å². The number of rotatable bonds is 5. The first-order valence-electron chi connectivity index (χ1n) is 8.44. The van der Waals surface area contributed by atoms with Crippen molar-refractivity contribution in [3.05, 3.63) is 60.7 Å². The molecular weight excluding hydrogens is 318 g/mol. The van der Waals surface area contributed by atoms with E-state index in [-0.39, 0.29) is 25.2 Å². The third-order valence-electron chi connectivity index (χ3n) is 4.35. The van der Waals surface area contributed by atoms with Crippen LogP contribution in [0.4, 0.5) is 0 Å². The van der Waals surface area contributed by atoms with E-state index in [1.807, 2.05) is 60.7 Å². The molecule has 1 amide bonds. The summed E-state index contributed by atoms with van der Waals surface area (Å²) in [6.45, 7) is 2.43. The summed E-state index contributed by atoms with van der Waals surface area (Å²) < 4.78 is 11.4. The summed E-state index contributed by atoms with van der Waals surface area (Å²) in [6.07, 6.45) is 0.216. The number of likely N-dealkylation sites (tertiary alicyclic amines) is 1. The second kappa shape index (κ2) is 7.57. The lowest BCUT2D eigenvalue weighted by atomic mass is 9.91. The number of hydrogen-bond donors (Lipinski definition) is 1. The first-order chi connectivity index (χ1) is 12.0. The molecule has 5 heteroatoms. The average Bonchev–Trinajstić information content (AvgIpc) is 2.63. The van der Waals surface area contributed by atoms with E-state index < -0.39 is 5.60 Å². The standard InChI is InChI=1S/C20H23NO4/c1-20(23)15-21(19(22)14-24-16-8-4-2-5-9-16)13-12-18(20)25-17-10-6-3-7-11-17/h2-11,18,23H,12-15H2,1H3/t18-,20-/m0/s1.